The topological polar surface area (TPSA) is 106 Å². The van der Waals surface area contributed by atoms with E-state index in [1.807, 2.05) is 6.92 Å². The highest BCUT2D eigenvalue weighted by molar-refractivity contribution is 5.82. The van der Waals surface area contributed by atoms with Crippen LogP contribution in [0.4, 0.5) is 11.8 Å². The molecule has 0 fully saturated rings. The Morgan fingerprint density at radius 2 is 2.00 bits per heavy atom. The Bertz CT molecular complexity index is 445. The number of nitrogens with zero attached hydrogens (tertiary/aromatic N) is 3. The maximum Gasteiger partial charge on any atom is 0.200 e. The number of hydrogen-bond donors (Lipinski definition) is 3. The van der Waals surface area contributed by atoms with E-state index >= 15 is 0 Å². The molecule has 0 amide bonds. The first kappa shape index (κ1) is 7.78. The Hall–Kier alpha value is -1.85. The maximum absolute atomic E-state index is 5.67. The SMILES string of the molecule is CCc1nc(N)c2[nH]c(N)nc2n1. The number of aromatic amines is 1. The molecule has 2 rings (SSSR count). The number of hydrogen-bond acceptors (Lipinski definition) is 5. The average molecular weight is 178 g/mol. The van der Waals surface area contributed by atoms with Crippen LogP contribution in [0.2, 0.25) is 0 Å². The van der Waals surface area contributed by atoms with Gasteiger partial charge in [0.2, 0.25) is 0 Å². The molecule has 2 heterocycles. The number of aromatic nitrogens is 4. The second-order valence-electron chi connectivity index (χ2n) is 2.70. The molecule has 0 bridgehead atoms. The zero-order chi connectivity index (χ0) is 9.42. The van der Waals surface area contributed by atoms with Gasteiger partial charge in [-0.15, -0.1) is 0 Å². The van der Waals surface area contributed by atoms with Crippen molar-refractivity contribution in [1.82, 2.24) is 19.9 Å². The van der Waals surface area contributed by atoms with E-state index in [-0.39, 0.29) is 0 Å². The predicted octanol–water partition coefficient (Wildman–Crippen LogP) is 0.0797. The van der Waals surface area contributed by atoms with Crippen molar-refractivity contribution in [3.05, 3.63) is 5.82 Å². The highest BCUT2D eigenvalue weighted by Gasteiger charge is 2.07. The number of nitrogens with one attached hydrogen (secondary N) is 1. The molecule has 0 aliphatic rings. The monoisotopic (exact) mass is 178 g/mol. The smallest absolute Gasteiger partial charge is 0.200 e. The molecule has 0 aromatic carbocycles. The number of imidazole rings is 1. The van der Waals surface area contributed by atoms with Gasteiger partial charge in [-0.25, -0.2) is 9.97 Å². The summed E-state index contributed by atoms with van der Waals surface area (Å²) in [7, 11) is 0. The summed E-state index contributed by atoms with van der Waals surface area (Å²) in [4.78, 5) is 15.0. The molecule has 0 atom stereocenters. The van der Waals surface area contributed by atoms with Gasteiger partial charge in [0.15, 0.2) is 17.4 Å². The van der Waals surface area contributed by atoms with Crippen molar-refractivity contribution in [2.45, 2.75) is 13.3 Å². The van der Waals surface area contributed by atoms with Crippen molar-refractivity contribution >= 4 is 22.9 Å². The summed E-state index contributed by atoms with van der Waals surface area (Å²) < 4.78 is 0. The number of anilines is 2. The van der Waals surface area contributed by atoms with Crippen molar-refractivity contribution in [2.24, 2.45) is 0 Å². The third-order valence-corrected chi connectivity index (χ3v) is 1.76. The summed E-state index contributed by atoms with van der Waals surface area (Å²) in [5, 5.41) is 0. The highest BCUT2D eigenvalue weighted by atomic mass is 15.1. The largest absolute Gasteiger partial charge is 0.382 e. The van der Waals surface area contributed by atoms with Crippen LogP contribution in [0.15, 0.2) is 0 Å². The number of rotatable bonds is 1. The zero-order valence-corrected chi connectivity index (χ0v) is 7.20. The minimum absolute atomic E-state index is 0.309. The second kappa shape index (κ2) is 2.58. The molecule has 0 unspecified atom stereocenters. The summed E-state index contributed by atoms with van der Waals surface area (Å²) in [6.45, 7) is 1.95. The summed E-state index contributed by atoms with van der Waals surface area (Å²) >= 11 is 0. The third kappa shape index (κ3) is 1.16. The Balaban J connectivity index is 2.75. The Morgan fingerprint density at radius 1 is 1.23 bits per heavy atom. The molecule has 0 aliphatic heterocycles. The molecular weight excluding hydrogens is 168 g/mol. The van der Waals surface area contributed by atoms with E-state index in [2.05, 4.69) is 19.9 Å². The second-order valence-corrected chi connectivity index (χ2v) is 2.70. The van der Waals surface area contributed by atoms with Crippen LogP contribution < -0.4 is 11.5 Å². The fraction of sp³-hybridized carbons (Fsp3) is 0.286. The number of fused-ring (bicyclic) bond motifs is 1. The van der Waals surface area contributed by atoms with Crippen molar-refractivity contribution in [3.8, 4) is 0 Å². The van der Waals surface area contributed by atoms with Crippen molar-refractivity contribution in [3.63, 3.8) is 0 Å². The van der Waals surface area contributed by atoms with Gasteiger partial charge in [0.25, 0.3) is 0 Å². The minimum Gasteiger partial charge on any atom is -0.382 e. The summed E-state index contributed by atoms with van der Waals surface area (Å²) in [6, 6.07) is 0. The molecule has 2 aromatic heterocycles. The number of nitrogen functional groups attached to an aromatic ring is 2. The van der Waals surface area contributed by atoms with E-state index in [4.69, 9.17) is 11.5 Å². The standard InChI is InChI=1S/C7H10N6/c1-2-3-10-5(8)4-6(11-3)13-7(9)12-4/h2H2,1H3,(H5,8,9,10,11,12,13). The molecule has 2 aromatic rings. The molecule has 0 saturated heterocycles. The molecule has 13 heavy (non-hydrogen) atoms. The zero-order valence-electron chi connectivity index (χ0n) is 7.20. The van der Waals surface area contributed by atoms with E-state index in [1.54, 1.807) is 0 Å². The van der Waals surface area contributed by atoms with Crippen LogP contribution in [-0.4, -0.2) is 19.9 Å². The number of H-pyrrole nitrogens is 1. The van der Waals surface area contributed by atoms with Crippen LogP contribution >= 0.6 is 0 Å². The van der Waals surface area contributed by atoms with Crippen LogP contribution in [0.5, 0.6) is 0 Å². The fourth-order valence-electron chi connectivity index (χ4n) is 1.14. The van der Waals surface area contributed by atoms with Gasteiger partial charge in [0, 0.05) is 6.42 Å². The van der Waals surface area contributed by atoms with Gasteiger partial charge in [-0.05, 0) is 0 Å². The maximum atomic E-state index is 5.67. The van der Waals surface area contributed by atoms with Crippen molar-refractivity contribution < 1.29 is 0 Å². The van der Waals surface area contributed by atoms with E-state index in [1.165, 1.54) is 0 Å². The Kier molecular flexibility index (Phi) is 1.54. The molecule has 0 aliphatic carbocycles. The lowest BCUT2D eigenvalue weighted by molar-refractivity contribution is 0.960. The lowest BCUT2D eigenvalue weighted by Crippen LogP contribution is -1.99. The normalized spacial score (nSPS) is 10.8. The Morgan fingerprint density at radius 3 is 2.69 bits per heavy atom. The number of nitrogens with two attached hydrogens (primary N) is 2. The van der Waals surface area contributed by atoms with Gasteiger partial charge in [0.05, 0.1) is 0 Å². The minimum atomic E-state index is 0.309. The predicted molar refractivity (Wildman–Crippen MR) is 49.9 cm³/mol. The van der Waals surface area contributed by atoms with Gasteiger partial charge < -0.3 is 16.5 Å². The molecule has 0 spiro atoms. The molecule has 5 N–H and O–H groups in total. The summed E-state index contributed by atoms with van der Waals surface area (Å²) in [5.41, 5.74) is 12.3. The van der Waals surface area contributed by atoms with Crippen LogP contribution in [0, 0.1) is 0 Å². The van der Waals surface area contributed by atoms with E-state index in [0.29, 0.717) is 28.8 Å². The molecule has 0 radical (unpaired) electrons. The first-order valence-corrected chi connectivity index (χ1v) is 3.98. The van der Waals surface area contributed by atoms with Gasteiger partial charge in [-0.1, -0.05) is 6.92 Å². The van der Waals surface area contributed by atoms with Crippen molar-refractivity contribution in [1.29, 1.82) is 0 Å². The quantitative estimate of drug-likeness (QED) is 0.573. The summed E-state index contributed by atoms with van der Waals surface area (Å²) in [6.07, 6.45) is 0.729. The van der Waals surface area contributed by atoms with Crippen LogP contribution in [0.25, 0.3) is 11.2 Å². The van der Waals surface area contributed by atoms with Gasteiger partial charge in [-0.3, -0.25) is 0 Å². The molecule has 6 nitrogen and oxygen atoms in total. The lowest BCUT2D eigenvalue weighted by atomic mass is 10.4. The Labute approximate surface area is 74.4 Å². The van der Waals surface area contributed by atoms with Gasteiger partial charge in [-0.2, -0.15) is 4.98 Å². The van der Waals surface area contributed by atoms with Crippen LogP contribution in [0.1, 0.15) is 12.7 Å². The van der Waals surface area contributed by atoms with Crippen LogP contribution in [-0.2, 0) is 6.42 Å². The number of aryl methyl sites for hydroxylation is 1. The molecular formula is C7H10N6. The molecule has 0 saturated carbocycles. The van der Waals surface area contributed by atoms with Gasteiger partial charge in [0.1, 0.15) is 11.3 Å². The van der Waals surface area contributed by atoms with Gasteiger partial charge >= 0.3 is 0 Å². The fourth-order valence-corrected chi connectivity index (χ4v) is 1.14. The summed E-state index contributed by atoms with van der Waals surface area (Å²) in [5.74, 6) is 1.38. The van der Waals surface area contributed by atoms with E-state index < -0.39 is 0 Å². The lowest BCUT2D eigenvalue weighted by Gasteiger charge is -1.97. The first-order valence-electron chi connectivity index (χ1n) is 3.98. The first-order chi connectivity index (χ1) is 6.20. The van der Waals surface area contributed by atoms with E-state index in [9.17, 15) is 0 Å². The highest BCUT2D eigenvalue weighted by Crippen LogP contribution is 2.15. The third-order valence-electron chi connectivity index (χ3n) is 1.76. The van der Waals surface area contributed by atoms with Crippen molar-refractivity contribution in [2.75, 3.05) is 11.5 Å². The van der Waals surface area contributed by atoms with E-state index in [0.717, 1.165) is 6.42 Å². The molecule has 68 valence electrons. The van der Waals surface area contributed by atoms with Crippen LogP contribution in [0.3, 0.4) is 0 Å². The average Bonchev–Trinajstić information content (AvgIpc) is 2.46. The molecule has 6 heteroatoms.